The third kappa shape index (κ3) is 4.24. The van der Waals surface area contributed by atoms with Crippen molar-refractivity contribution in [2.75, 3.05) is 6.54 Å². The van der Waals surface area contributed by atoms with Gasteiger partial charge in [-0.05, 0) is 38.1 Å². The van der Waals surface area contributed by atoms with E-state index in [0.717, 1.165) is 0 Å². The number of nitrogens with zero attached hydrogens (tertiary/aromatic N) is 2. The van der Waals surface area contributed by atoms with Crippen LogP contribution in [0.25, 0.3) is 5.69 Å². The fourth-order valence-electron chi connectivity index (χ4n) is 2.07. The van der Waals surface area contributed by atoms with E-state index in [1.165, 1.54) is 41.9 Å². The summed E-state index contributed by atoms with van der Waals surface area (Å²) in [5, 5.41) is 6.73. The van der Waals surface area contributed by atoms with Crippen LogP contribution in [0.2, 0.25) is 5.15 Å². The van der Waals surface area contributed by atoms with Gasteiger partial charge in [0.2, 0.25) is 0 Å². The molecular weight excluding hydrogens is 349 g/mol. The zero-order chi connectivity index (χ0) is 18.6. The topological polar surface area (TPSA) is 73.2 Å². The van der Waals surface area contributed by atoms with Gasteiger partial charge >= 0.3 is 5.97 Å². The summed E-state index contributed by atoms with van der Waals surface area (Å²) in [7, 11) is 0. The molecule has 1 amide bonds. The molecule has 0 aliphatic heterocycles. The van der Waals surface area contributed by atoms with Crippen molar-refractivity contribution in [3.05, 3.63) is 59.1 Å². The molecule has 1 aromatic carbocycles. The molecule has 0 saturated heterocycles. The maximum Gasteiger partial charge on any atom is 0.344 e. The Balaban J connectivity index is 2.22. The zero-order valence-corrected chi connectivity index (χ0v) is 14.5. The molecule has 0 aliphatic rings. The monoisotopic (exact) mass is 365 g/mol. The van der Waals surface area contributed by atoms with Gasteiger partial charge in [0, 0.05) is 6.54 Å². The maximum atomic E-state index is 13.0. The van der Waals surface area contributed by atoms with Crippen LogP contribution in [-0.4, -0.2) is 34.3 Å². The Bertz CT molecular complexity index is 802. The maximum absolute atomic E-state index is 13.0. The minimum Gasteiger partial charge on any atom is -0.449 e. The largest absolute Gasteiger partial charge is 0.449 e. The SMILES string of the molecule is C=CCNC(=O)[C@H](C)OC(=O)c1c(C)nn(-c2ccc(F)cc2)c1Cl. The molecule has 2 aromatic rings. The van der Waals surface area contributed by atoms with Gasteiger partial charge < -0.3 is 10.1 Å². The van der Waals surface area contributed by atoms with Crippen molar-refractivity contribution >= 4 is 23.5 Å². The van der Waals surface area contributed by atoms with Crippen LogP contribution in [0.3, 0.4) is 0 Å². The van der Waals surface area contributed by atoms with Crippen LogP contribution < -0.4 is 5.32 Å². The first kappa shape index (κ1) is 18.7. The van der Waals surface area contributed by atoms with Crippen LogP contribution in [0.5, 0.6) is 0 Å². The van der Waals surface area contributed by atoms with Crippen molar-refractivity contribution in [3.63, 3.8) is 0 Å². The number of hydrogen-bond acceptors (Lipinski definition) is 4. The summed E-state index contributed by atoms with van der Waals surface area (Å²) in [5.41, 5.74) is 0.873. The van der Waals surface area contributed by atoms with Gasteiger partial charge in [0.15, 0.2) is 6.10 Å². The van der Waals surface area contributed by atoms with Crippen LogP contribution in [0.1, 0.15) is 23.0 Å². The van der Waals surface area contributed by atoms with Crippen molar-refractivity contribution in [1.29, 1.82) is 0 Å². The minimum atomic E-state index is -1.00. The third-order valence-electron chi connectivity index (χ3n) is 3.35. The molecule has 1 N–H and O–H groups in total. The fraction of sp³-hybridized carbons (Fsp3) is 0.235. The van der Waals surface area contributed by atoms with E-state index in [4.69, 9.17) is 16.3 Å². The highest BCUT2D eigenvalue weighted by molar-refractivity contribution is 6.33. The van der Waals surface area contributed by atoms with Crippen LogP contribution in [0.4, 0.5) is 4.39 Å². The van der Waals surface area contributed by atoms with E-state index in [-0.39, 0.29) is 17.3 Å². The van der Waals surface area contributed by atoms with E-state index >= 15 is 0 Å². The van der Waals surface area contributed by atoms with Crippen LogP contribution in [0, 0.1) is 12.7 Å². The smallest absolute Gasteiger partial charge is 0.344 e. The molecule has 1 aromatic heterocycles. The summed E-state index contributed by atoms with van der Waals surface area (Å²) in [6.45, 7) is 6.79. The Hall–Kier alpha value is -2.67. The highest BCUT2D eigenvalue weighted by Crippen LogP contribution is 2.24. The van der Waals surface area contributed by atoms with Crippen LogP contribution >= 0.6 is 11.6 Å². The number of halogens is 2. The normalized spacial score (nSPS) is 11.7. The quantitative estimate of drug-likeness (QED) is 0.631. The number of aryl methyl sites for hydroxylation is 1. The lowest BCUT2D eigenvalue weighted by Crippen LogP contribution is -2.35. The molecule has 132 valence electrons. The van der Waals surface area contributed by atoms with Crippen molar-refractivity contribution in [2.24, 2.45) is 0 Å². The van der Waals surface area contributed by atoms with E-state index in [2.05, 4.69) is 17.0 Å². The van der Waals surface area contributed by atoms with Crippen molar-refractivity contribution in [2.45, 2.75) is 20.0 Å². The number of benzene rings is 1. The molecule has 0 fully saturated rings. The molecule has 1 heterocycles. The second-order valence-electron chi connectivity index (χ2n) is 5.22. The van der Waals surface area contributed by atoms with Crippen molar-refractivity contribution < 1.29 is 18.7 Å². The van der Waals surface area contributed by atoms with Gasteiger partial charge in [-0.25, -0.2) is 13.9 Å². The summed E-state index contributed by atoms with van der Waals surface area (Å²) in [4.78, 5) is 24.1. The van der Waals surface area contributed by atoms with Gasteiger partial charge in [0.1, 0.15) is 16.5 Å². The summed E-state index contributed by atoms with van der Waals surface area (Å²) < 4.78 is 19.5. The third-order valence-corrected chi connectivity index (χ3v) is 3.70. The summed E-state index contributed by atoms with van der Waals surface area (Å²) >= 11 is 6.24. The second-order valence-corrected chi connectivity index (χ2v) is 5.58. The lowest BCUT2D eigenvalue weighted by atomic mass is 10.2. The number of rotatable bonds is 6. The minimum absolute atomic E-state index is 0.0211. The molecule has 0 bridgehead atoms. The number of hydrogen-bond donors (Lipinski definition) is 1. The molecule has 2 rings (SSSR count). The Morgan fingerprint density at radius 1 is 1.44 bits per heavy atom. The summed E-state index contributed by atoms with van der Waals surface area (Å²) in [5.74, 6) is -1.62. The molecule has 0 aliphatic carbocycles. The van der Waals surface area contributed by atoms with E-state index in [1.807, 2.05) is 0 Å². The Kier molecular flexibility index (Phi) is 5.93. The number of aromatic nitrogens is 2. The molecule has 0 saturated carbocycles. The van der Waals surface area contributed by atoms with Gasteiger partial charge in [0.25, 0.3) is 5.91 Å². The van der Waals surface area contributed by atoms with Crippen LogP contribution in [0.15, 0.2) is 36.9 Å². The number of nitrogens with one attached hydrogen (secondary N) is 1. The van der Waals surface area contributed by atoms with E-state index in [9.17, 15) is 14.0 Å². The zero-order valence-electron chi connectivity index (χ0n) is 13.8. The number of ether oxygens (including phenoxy) is 1. The second kappa shape index (κ2) is 7.94. The van der Waals surface area contributed by atoms with Crippen LogP contribution in [-0.2, 0) is 9.53 Å². The number of amides is 1. The number of carbonyl (C=O) groups is 2. The van der Waals surface area contributed by atoms with Gasteiger partial charge in [0.05, 0.1) is 11.4 Å². The lowest BCUT2D eigenvalue weighted by Gasteiger charge is -2.12. The van der Waals surface area contributed by atoms with Crippen molar-refractivity contribution in [1.82, 2.24) is 15.1 Å². The molecule has 25 heavy (non-hydrogen) atoms. The molecule has 1 atom stereocenters. The molecule has 0 unspecified atom stereocenters. The number of esters is 1. The molecule has 8 heteroatoms. The molecular formula is C17H17ClFN3O3. The average molecular weight is 366 g/mol. The van der Waals surface area contributed by atoms with Gasteiger partial charge in [-0.3, -0.25) is 4.79 Å². The molecule has 0 spiro atoms. The first-order chi connectivity index (χ1) is 11.8. The molecule has 0 radical (unpaired) electrons. The summed E-state index contributed by atoms with van der Waals surface area (Å²) in [6.07, 6.45) is 0.511. The Labute approximate surface area is 149 Å². The first-order valence-corrected chi connectivity index (χ1v) is 7.83. The fourth-order valence-corrected chi connectivity index (χ4v) is 2.42. The van der Waals surface area contributed by atoms with Gasteiger partial charge in [-0.15, -0.1) is 6.58 Å². The van der Waals surface area contributed by atoms with Crippen molar-refractivity contribution in [3.8, 4) is 5.69 Å². The highest BCUT2D eigenvalue weighted by Gasteiger charge is 2.26. The average Bonchev–Trinajstić information content (AvgIpc) is 2.87. The standard InChI is InChI=1S/C17H17ClFN3O3/c1-4-9-20-16(23)11(3)25-17(24)14-10(2)21-22(15(14)18)13-7-5-12(19)6-8-13/h4-8,11H,1,9H2,2-3H3,(H,20,23)/t11-/m0/s1. The lowest BCUT2D eigenvalue weighted by molar-refractivity contribution is -0.128. The predicted octanol–water partition coefficient (Wildman–Crippen LogP) is 2.82. The Morgan fingerprint density at radius 3 is 2.68 bits per heavy atom. The Morgan fingerprint density at radius 2 is 2.08 bits per heavy atom. The van der Waals surface area contributed by atoms with Gasteiger partial charge in [-0.2, -0.15) is 5.10 Å². The van der Waals surface area contributed by atoms with E-state index in [1.54, 1.807) is 6.92 Å². The number of carbonyl (C=O) groups excluding carboxylic acids is 2. The van der Waals surface area contributed by atoms with E-state index < -0.39 is 23.8 Å². The highest BCUT2D eigenvalue weighted by atomic mass is 35.5. The van der Waals surface area contributed by atoms with E-state index in [0.29, 0.717) is 11.4 Å². The van der Waals surface area contributed by atoms with Gasteiger partial charge in [-0.1, -0.05) is 17.7 Å². The first-order valence-electron chi connectivity index (χ1n) is 7.45. The summed E-state index contributed by atoms with van der Waals surface area (Å²) in [6, 6.07) is 5.47. The molecule has 6 nitrogen and oxygen atoms in total. The predicted molar refractivity (Wildman–Crippen MR) is 91.4 cm³/mol.